The SMILES string of the molecule is CC/C=C(\OC)c1c(CN2C(=O)c3ccccc3C2=O)ccc(OC)c1F. The molecule has 0 bridgehead atoms. The van der Waals surface area contributed by atoms with E-state index in [1.807, 2.05) is 6.92 Å². The number of fused-ring (bicyclic) bond motifs is 1. The van der Waals surface area contributed by atoms with Crippen LogP contribution in [-0.2, 0) is 11.3 Å². The zero-order valence-electron chi connectivity index (χ0n) is 15.4. The number of halogens is 1. The third kappa shape index (κ3) is 3.18. The van der Waals surface area contributed by atoms with Crippen LogP contribution < -0.4 is 4.74 Å². The maximum Gasteiger partial charge on any atom is 0.261 e. The van der Waals surface area contributed by atoms with Gasteiger partial charge in [-0.3, -0.25) is 14.5 Å². The molecule has 1 heterocycles. The molecule has 0 aliphatic carbocycles. The minimum absolute atomic E-state index is 0.0625. The molecule has 0 N–H and O–H groups in total. The lowest BCUT2D eigenvalue weighted by Crippen LogP contribution is -2.29. The Morgan fingerprint density at radius 2 is 1.70 bits per heavy atom. The van der Waals surface area contributed by atoms with Gasteiger partial charge in [-0.05, 0) is 36.3 Å². The van der Waals surface area contributed by atoms with E-state index in [1.165, 1.54) is 20.3 Å². The second-order valence-corrected chi connectivity index (χ2v) is 6.04. The maximum absolute atomic E-state index is 15.0. The third-order valence-electron chi connectivity index (χ3n) is 4.48. The van der Waals surface area contributed by atoms with Crippen molar-refractivity contribution in [2.45, 2.75) is 19.9 Å². The van der Waals surface area contributed by atoms with Crippen LogP contribution in [0.15, 0.2) is 42.5 Å². The molecule has 3 rings (SSSR count). The van der Waals surface area contributed by atoms with Crippen LogP contribution in [0.5, 0.6) is 5.75 Å². The first-order chi connectivity index (χ1) is 13.0. The average molecular weight is 369 g/mol. The predicted molar refractivity (Wildman–Crippen MR) is 98.9 cm³/mol. The molecule has 2 aromatic rings. The van der Waals surface area contributed by atoms with Crippen LogP contribution >= 0.6 is 0 Å². The second-order valence-electron chi connectivity index (χ2n) is 6.04. The van der Waals surface area contributed by atoms with Crippen LogP contribution in [0, 0.1) is 5.82 Å². The zero-order chi connectivity index (χ0) is 19.6. The summed E-state index contributed by atoms with van der Waals surface area (Å²) in [6.07, 6.45) is 2.37. The summed E-state index contributed by atoms with van der Waals surface area (Å²) in [5.74, 6) is -0.976. The minimum atomic E-state index is -0.590. The van der Waals surface area contributed by atoms with Crippen molar-refractivity contribution < 1.29 is 23.5 Å². The number of amides is 2. The molecule has 0 spiro atoms. The molecule has 0 fully saturated rings. The molecule has 0 aromatic heterocycles. The van der Waals surface area contributed by atoms with Crippen molar-refractivity contribution in [3.8, 4) is 5.75 Å². The fourth-order valence-electron chi connectivity index (χ4n) is 3.18. The Morgan fingerprint density at radius 1 is 1.07 bits per heavy atom. The number of hydrogen-bond acceptors (Lipinski definition) is 4. The number of methoxy groups -OCH3 is 2. The molecule has 0 atom stereocenters. The minimum Gasteiger partial charge on any atom is -0.496 e. The van der Waals surface area contributed by atoms with Crippen LogP contribution in [-0.4, -0.2) is 30.9 Å². The number of benzene rings is 2. The van der Waals surface area contributed by atoms with E-state index in [0.717, 1.165) is 4.90 Å². The molecular weight excluding hydrogens is 349 g/mol. The van der Waals surface area contributed by atoms with Gasteiger partial charge < -0.3 is 9.47 Å². The number of carbonyl (C=O) groups is 2. The molecule has 1 aliphatic heterocycles. The summed E-state index contributed by atoms with van der Waals surface area (Å²) >= 11 is 0. The Hall–Kier alpha value is -3.15. The number of allylic oxidation sites excluding steroid dienone is 1. The van der Waals surface area contributed by atoms with Crippen LogP contribution in [0.1, 0.15) is 45.2 Å². The summed E-state index contributed by atoms with van der Waals surface area (Å²) in [5.41, 5.74) is 1.36. The zero-order valence-corrected chi connectivity index (χ0v) is 15.4. The van der Waals surface area contributed by atoms with Gasteiger partial charge in [0.2, 0.25) is 0 Å². The van der Waals surface area contributed by atoms with Crippen molar-refractivity contribution in [2.75, 3.05) is 14.2 Å². The van der Waals surface area contributed by atoms with Crippen molar-refractivity contribution in [3.05, 3.63) is 70.5 Å². The topological polar surface area (TPSA) is 55.8 Å². The highest BCUT2D eigenvalue weighted by molar-refractivity contribution is 6.21. The van der Waals surface area contributed by atoms with E-state index in [2.05, 4.69) is 0 Å². The molecule has 27 heavy (non-hydrogen) atoms. The number of ether oxygens (including phenoxy) is 2. The number of carbonyl (C=O) groups excluding carboxylic acids is 2. The maximum atomic E-state index is 15.0. The summed E-state index contributed by atoms with van der Waals surface area (Å²) in [5, 5.41) is 0. The van der Waals surface area contributed by atoms with Gasteiger partial charge in [0.05, 0.1) is 37.5 Å². The van der Waals surface area contributed by atoms with Gasteiger partial charge in [0, 0.05) is 0 Å². The van der Waals surface area contributed by atoms with Crippen LogP contribution in [0.2, 0.25) is 0 Å². The highest BCUT2D eigenvalue weighted by Crippen LogP contribution is 2.33. The van der Waals surface area contributed by atoms with E-state index in [9.17, 15) is 14.0 Å². The van der Waals surface area contributed by atoms with Gasteiger partial charge in [-0.25, -0.2) is 4.39 Å². The monoisotopic (exact) mass is 369 g/mol. The first-order valence-corrected chi connectivity index (χ1v) is 8.58. The van der Waals surface area contributed by atoms with E-state index in [1.54, 1.807) is 36.4 Å². The molecule has 2 amide bonds. The molecule has 0 radical (unpaired) electrons. The molecule has 1 aliphatic rings. The molecule has 0 saturated carbocycles. The Morgan fingerprint density at radius 3 is 2.22 bits per heavy atom. The predicted octanol–water partition coefficient (Wildman–Crippen LogP) is 4.03. The fraction of sp³-hybridized carbons (Fsp3) is 0.238. The average Bonchev–Trinajstić information content (AvgIpc) is 2.92. The standard InChI is InChI=1S/C21H20FNO4/c1-4-7-16(26-2)18-13(10-11-17(27-3)19(18)22)12-23-20(24)14-8-5-6-9-15(14)21(23)25/h5-11H,4,12H2,1-3H3/b16-7-. The molecular formula is C21H20FNO4. The van der Waals surface area contributed by atoms with E-state index in [4.69, 9.17) is 9.47 Å². The Labute approximate surface area is 157 Å². The second kappa shape index (κ2) is 7.61. The Balaban J connectivity index is 2.06. The smallest absolute Gasteiger partial charge is 0.261 e. The lowest BCUT2D eigenvalue weighted by molar-refractivity contribution is 0.0642. The Kier molecular flexibility index (Phi) is 5.26. The lowest BCUT2D eigenvalue weighted by atomic mass is 10.0. The quantitative estimate of drug-likeness (QED) is 0.570. The summed E-state index contributed by atoms with van der Waals surface area (Å²) in [4.78, 5) is 26.4. The molecule has 140 valence electrons. The summed E-state index contributed by atoms with van der Waals surface area (Å²) in [6, 6.07) is 9.76. The Bertz CT molecular complexity index is 901. The van der Waals surface area contributed by atoms with Gasteiger partial charge >= 0.3 is 0 Å². The molecule has 0 unspecified atom stereocenters. The molecule has 6 heteroatoms. The third-order valence-corrected chi connectivity index (χ3v) is 4.48. The van der Waals surface area contributed by atoms with Crippen molar-refractivity contribution in [2.24, 2.45) is 0 Å². The van der Waals surface area contributed by atoms with Crippen LogP contribution in [0.25, 0.3) is 5.76 Å². The van der Waals surface area contributed by atoms with Gasteiger partial charge in [0.1, 0.15) is 5.76 Å². The normalized spacial score (nSPS) is 13.8. The van der Waals surface area contributed by atoms with Crippen LogP contribution in [0.4, 0.5) is 4.39 Å². The summed E-state index contributed by atoms with van der Waals surface area (Å²) in [6.45, 7) is 1.84. The molecule has 5 nitrogen and oxygen atoms in total. The highest BCUT2D eigenvalue weighted by atomic mass is 19.1. The summed E-state index contributed by atoms with van der Waals surface area (Å²) in [7, 11) is 2.83. The van der Waals surface area contributed by atoms with Crippen molar-refractivity contribution >= 4 is 17.6 Å². The van der Waals surface area contributed by atoms with Gasteiger partial charge in [-0.2, -0.15) is 0 Å². The number of imide groups is 1. The van der Waals surface area contributed by atoms with E-state index in [0.29, 0.717) is 28.9 Å². The van der Waals surface area contributed by atoms with Gasteiger partial charge in [-0.15, -0.1) is 0 Å². The van der Waals surface area contributed by atoms with Gasteiger partial charge in [-0.1, -0.05) is 25.1 Å². The lowest BCUT2D eigenvalue weighted by Gasteiger charge is -2.19. The van der Waals surface area contributed by atoms with E-state index >= 15 is 0 Å². The first kappa shape index (κ1) is 18.6. The van der Waals surface area contributed by atoms with E-state index < -0.39 is 17.6 Å². The number of rotatable bonds is 6. The largest absolute Gasteiger partial charge is 0.496 e. The molecule has 0 saturated heterocycles. The fourth-order valence-corrected chi connectivity index (χ4v) is 3.18. The highest BCUT2D eigenvalue weighted by Gasteiger charge is 2.36. The number of hydrogen-bond donors (Lipinski definition) is 0. The van der Waals surface area contributed by atoms with Crippen LogP contribution in [0.3, 0.4) is 0 Å². The first-order valence-electron chi connectivity index (χ1n) is 8.58. The van der Waals surface area contributed by atoms with E-state index in [-0.39, 0.29) is 17.9 Å². The van der Waals surface area contributed by atoms with Crippen molar-refractivity contribution in [1.82, 2.24) is 4.90 Å². The van der Waals surface area contributed by atoms with Crippen molar-refractivity contribution in [3.63, 3.8) is 0 Å². The number of nitrogens with zero attached hydrogens (tertiary/aromatic N) is 1. The van der Waals surface area contributed by atoms with Gasteiger partial charge in [0.25, 0.3) is 11.8 Å². The molecule has 2 aromatic carbocycles. The van der Waals surface area contributed by atoms with Crippen molar-refractivity contribution in [1.29, 1.82) is 0 Å². The summed E-state index contributed by atoms with van der Waals surface area (Å²) < 4.78 is 25.4. The van der Waals surface area contributed by atoms with Gasteiger partial charge in [0.15, 0.2) is 11.6 Å².